The van der Waals surface area contributed by atoms with Crippen molar-refractivity contribution in [2.75, 3.05) is 5.32 Å². The van der Waals surface area contributed by atoms with Gasteiger partial charge in [0, 0.05) is 0 Å². The molecular weight excluding hydrogens is 168 g/mol. The Morgan fingerprint density at radius 2 is 2.15 bits per heavy atom. The summed E-state index contributed by atoms with van der Waals surface area (Å²) in [6.45, 7) is 3.33. The zero-order chi connectivity index (χ0) is 9.68. The fourth-order valence-corrected chi connectivity index (χ4v) is 0.830. The first-order valence-corrected chi connectivity index (χ1v) is 3.70. The number of hydrogen-bond acceptors (Lipinski definition) is 2. The van der Waals surface area contributed by atoms with Gasteiger partial charge >= 0.3 is 6.03 Å². The summed E-state index contributed by atoms with van der Waals surface area (Å²) in [6.07, 6.45) is 1.26. The number of phenols is 1. The van der Waals surface area contributed by atoms with E-state index in [1.807, 2.05) is 0 Å². The summed E-state index contributed by atoms with van der Waals surface area (Å²) < 4.78 is 0. The number of carbonyl (C=O) groups excluding carboxylic acids is 1. The summed E-state index contributed by atoms with van der Waals surface area (Å²) in [5, 5.41) is 14.0. The van der Waals surface area contributed by atoms with Crippen molar-refractivity contribution < 1.29 is 9.90 Å². The summed E-state index contributed by atoms with van der Waals surface area (Å²) in [7, 11) is 0. The highest BCUT2D eigenvalue weighted by atomic mass is 16.3. The van der Waals surface area contributed by atoms with Gasteiger partial charge in [0.1, 0.15) is 5.75 Å². The predicted molar refractivity (Wildman–Crippen MR) is 50.5 cm³/mol. The number of phenolic OH excluding ortho intramolecular Hbond substituents is 1. The van der Waals surface area contributed by atoms with E-state index in [2.05, 4.69) is 17.2 Å². The molecule has 0 unspecified atom stereocenters. The van der Waals surface area contributed by atoms with E-state index in [9.17, 15) is 9.90 Å². The highest BCUT2D eigenvalue weighted by molar-refractivity contribution is 5.91. The Labute approximate surface area is 75.9 Å². The number of hydrogen-bond donors (Lipinski definition) is 3. The van der Waals surface area contributed by atoms with E-state index in [0.717, 1.165) is 0 Å². The molecule has 1 aromatic carbocycles. The summed E-state index contributed by atoms with van der Waals surface area (Å²) >= 11 is 0. The third-order valence-corrected chi connectivity index (χ3v) is 1.39. The lowest BCUT2D eigenvalue weighted by atomic mass is 10.3. The number of carbonyl (C=O) groups is 1. The number of aromatic hydroxyl groups is 1. The maximum atomic E-state index is 11.0. The zero-order valence-electron chi connectivity index (χ0n) is 6.95. The fourth-order valence-electron chi connectivity index (χ4n) is 0.830. The van der Waals surface area contributed by atoms with E-state index in [-0.39, 0.29) is 5.75 Å². The van der Waals surface area contributed by atoms with Crippen molar-refractivity contribution in [1.82, 2.24) is 5.32 Å². The van der Waals surface area contributed by atoms with Crippen LogP contribution in [0.5, 0.6) is 5.75 Å². The van der Waals surface area contributed by atoms with Gasteiger partial charge < -0.3 is 15.7 Å². The van der Waals surface area contributed by atoms with Crippen molar-refractivity contribution in [3.63, 3.8) is 0 Å². The molecule has 2 amide bonds. The molecule has 0 spiro atoms. The molecule has 0 atom stereocenters. The van der Waals surface area contributed by atoms with E-state index >= 15 is 0 Å². The van der Waals surface area contributed by atoms with Gasteiger partial charge in [-0.2, -0.15) is 0 Å². The summed E-state index contributed by atoms with van der Waals surface area (Å²) in [6, 6.07) is 6.04. The van der Waals surface area contributed by atoms with Crippen LogP contribution in [0.2, 0.25) is 0 Å². The Hall–Kier alpha value is -1.97. The number of nitrogens with one attached hydrogen (secondary N) is 2. The van der Waals surface area contributed by atoms with E-state index in [1.54, 1.807) is 18.2 Å². The van der Waals surface area contributed by atoms with E-state index in [4.69, 9.17) is 0 Å². The number of anilines is 1. The van der Waals surface area contributed by atoms with Gasteiger partial charge in [0.2, 0.25) is 0 Å². The molecule has 4 heteroatoms. The number of rotatable bonds is 2. The Kier molecular flexibility index (Phi) is 2.92. The molecule has 0 aromatic heterocycles. The van der Waals surface area contributed by atoms with Crippen LogP contribution in [0.3, 0.4) is 0 Å². The summed E-state index contributed by atoms with van der Waals surface area (Å²) in [5.41, 5.74) is 0.363. The van der Waals surface area contributed by atoms with Crippen LogP contribution >= 0.6 is 0 Å². The minimum atomic E-state index is -0.434. The Morgan fingerprint density at radius 3 is 2.77 bits per heavy atom. The molecule has 1 aromatic rings. The molecule has 0 saturated heterocycles. The lowest BCUT2D eigenvalue weighted by Crippen LogP contribution is -2.23. The molecule has 0 fully saturated rings. The van der Waals surface area contributed by atoms with Crippen LogP contribution in [-0.4, -0.2) is 11.1 Å². The van der Waals surface area contributed by atoms with Crippen LogP contribution < -0.4 is 10.6 Å². The van der Waals surface area contributed by atoms with Gasteiger partial charge in [-0.3, -0.25) is 0 Å². The van der Waals surface area contributed by atoms with Gasteiger partial charge in [0.15, 0.2) is 0 Å². The number of amides is 2. The van der Waals surface area contributed by atoms with Gasteiger partial charge in [-0.1, -0.05) is 18.7 Å². The normalized spacial score (nSPS) is 8.92. The standard InChI is InChI=1S/C9H10N2O2/c1-2-10-9(13)11-7-5-3-4-6-8(7)12/h2-6,12H,1H2,(H2,10,11,13). The monoisotopic (exact) mass is 178 g/mol. The van der Waals surface area contributed by atoms with Crippen molar-refractivity contribution >= 4 is 11.7 Å². The molecule has 1 rings (SSSR count). The smallest absolute Gasteiger partial charge is 0.323 e. The molecule has 68 valence electrons. The second kappa shape index (κ2) is 4.15. The van der Waals surface area contributed by atoms with Crippen molar-refractivity contribution in [2.24, 2.45) is 0 Å². The van der Waals surface area contributed by atoms with Gasteiger partial charge in [-0.25, -0.2) is 4.79 Å². The lowest BCUT2D eigenvalue weighted by molar-refractivity contribution is 0.255. The van der Waals surface area contributed by atoms with Crippen LogP contribution in [0.15, 0.2) is 37.0 Å². The average molecular weight is 178 g/mol. The van der Waals surface area contributed by atoms with Gasteiger partial charge in [0.05, 0.1) is 5.69 Å². The quantitative estimate of drug-likeness (QED) is 0.603. The first-order chi connectivity index (χ1) is 6.24. The maximum Gasteiger partial charge on any atom is 0.323 e. The first-order valence-electron chi connectivity index (χ1n) is 3.70. The zero-order valence-corrected chi connectivity index (χ0v) is 6.95. The minimum Gasteiger partial charge on any atom is -0.506 e. The number of para-hydroxylation sites is 2. The first kappa shape index (κ1) is 9.12. The SMILES string of the molecule is C=CNC(=O)Nc1ccccc1O. The van der Waals surface area contributed by atoms with Crippen molar-refractivity contribution in [1.29, 1.82) is 0 Å². The molecular formula is C9H10N2O2. The molecule has 4 nitrogen and oxygen atoms in total. The van der Waals surface area contributed by atoms with E-state index in [0.29, 0.717) is 5.69 Å². The molecule has 0 radical (unpaired) electrons. The summed E-state index contributed by atoms with van der Waals surface area (Å²) in [5.74, 6) is 0.0294. The molecule has 3 N–H and O–H groups in total. The minimum absolute atomic E-state index is 0.0294. The third kappa shape index (κ3) is 2.52. The van der Waals surface area contributed by atoms with Crippen LogP contribution in [0.4, 0.5) is 10.5 Å². The topological polar surface area (TPSA) is 61.4 Å². The Balaban J connectivity index is 2.68. The predicted octanol–water partition coefficient (Wildman–Crippen LogP) is 1.66. The molecule has 0 saturated carbocycles. The fraction of sp³-hybridized carbons (Fsp3) is 0. The van der Waals surface area contributed by atoms with E-state index < -0.39 is 6.03 Å². The number of urea groups is 1. The molecule has 13 heavy (non-hydrogen) atoms. The average Bonchev–Trinajstić information content (AvgIpc) is 2.09. The number of benzene rings is 1. The van der Waals surface area contributed by atoms with Crippen molar-refractivity contribution in [2.45, 2.75) is 0 Å². The third-order valence-electron chi connectivity index (χ3n) is 1.39. The molecule has 0 aliphatic heterocycles. The largest absolute Gasteiger partial charge is 0.506 e. The van der Waals surface area contributed by atoms with Crippen LogP contribution in [0, 0.1) is 0 Å². The summed E-state index contributed by atoms with van der Waals surface area (Å²) in [4.78, 5) is 11.0. The Bertz CT molecular complexity index is 323. The molecule has 0 aliphatic carbocycles. The highest BCUT2D eigenvalue weighted by Gasteiger charge is 2.02. The Morgan fingerprint density at radius 1 is 1.46 bits per heavy atom. The molecule has 0 heterocycles. The van der Waals surface area contributed by atoms with Gasteiger partial charge in [-0.15, -0.1) is 0 Å². The van der Waals surface area contributed by atoms with Crippen molar-refractivity contribution in [3.8, 4) is 5.75 Å². The van der Waals surface area contributed by atoms with Crippen molar-refractivity contribution in [3.05, 3.63) is 37.0 Å². The van der Waals surface area contributed by atoms with Gasteiger partial charge in [0.25, 0.3) is 0 Å². The van der Waals surface area contributed by atoms with Crippen LogP contribution in [0.25, 0.3) is 0 Å². The molecule has 0 bridgehead atoms. The lowest BCUT2D eigenvalue weighted by Gasteiger charge is -2.05. The maximum absolute atomic E-state index is 11.0. The van der Waals surface area contributed by atoms with E-state index in [1.165, 1.54) is 12.3 Å². The van der Waals surface area contributed by atoms with Gasteiger partial charge in [-0.05, 0) is 18.3 Å². The highest BCUT2D eigenvalue weighted by Crippen LogP contribution is 2.20. The van der Waals surface area contributed by atoms with Crippen LogP contribution in [0.1, 0.15) is 0 Å². The second-order valence-corrected chi connectivity index (χ2v) is 2.32. The van der Waals surface area contributed by atoms with Crippen LogP contribution in [-0.2, 0) is 0 Å². The molecule has 0 aliphatic rings. The second-order valence-electron chi connectivity index (χ2n) is 2.32.